The highest BCUT2D eigenvalue weighted by molar-refractivity contribution is 14.1. The fourth-order valence-electron chi connectivity index (χ4n) is 7.59. The maximum atomic E-state index is 14.1. The molecule has 2 fully saturated rings. The molecule has 0 saturated carbocycles. The minimum Gasteiger partial charge on any atom is -0.504 e. The van der Waals surface area contributed by atoms with Crippen molar-refractivity contribution < 1.29 is 55.2 Å². The van der Waals surface area contributed by atoms with E-state index in [-0.39, 0.29) is 31.5 Å². The number of rotatable bonds is 11. The molecule has 6 rings (SSSR count). The van der Waals surface area contributed by atoms with E-state index in [2.05, 4.69) is 6.92 Å². The molecule has 1 N–H and O–H groups in total. The number of carbonyl (C=O) groups is 2. The van der Waals surface area contributed by atoms with Crippen LogP contribution in [0, 0.1) is 21.3 Å². The normalized spacial score (nSPS) is 22.0. The van der Waals surface area contributed by atoms with Crippen LogP contribution in [0.4, 0.5) is 32.0 Å². The Labute approximate surface area is 315 Å². The molecule has 0 bridgehead atoms. The molecule has 2 heterocycles. The molecular weight excluding hydrogens is 819 g/mol. The number of halogens is 7. The molecule has 53 heavy (non-hydrogen) atoms. The molecule has 2 amide bonds. The lowest BCUT2D eigenvalue weighted by Gasteiger charge is -2.31. The lowest BCUT2D eigenvalue weighted by molar-refractivity contribution is -0.143. The summed E-state index contributed by atoms with van der Waals surface area (Å²) in [5.74, 6) is -3.47. The molecular formula is C39H36F6INO6. The van der Waals surface area contributed by atoms with Gasteiger partial charge >= 0.3 is 12.4 Å². The third-order valence-electron chi connectivity index (χ3n) is 9.94. The van der Waals surface area contributed by atoms with Crippen molar-refractivity contribution in [2.24, 2.45) is 17.8 Å². The van der Waals surface area contributed by atoms with Gasteiger partial charge in [0.15, 0.2) is 11.5 Å². The summed E-state index contributed by atoms with van der Waals surface area (Å²) in [6.45, 7) is 2.14. The zero-order valence-electron chi connectivity index (χ0n) is 28.7. The Kier molecular flexibility index (Phi) is 11.2. The van der Waals surface area contributed by atoms with Gasteiger partial charge in [0.25, 0.3) is 0 Å². The summed E-state index contributed by atoms with van der Waals surface area (Å²) in [5, 5.41) is 10.3. The number of phenolic OH excluding ortho intramolecular Hbond substituents is 1. The first-order chi connectivity index (χ1) is 25.1. The number of alkyl halides is 6. The predicted octanol–water partition coefficient (Wildman–Crippen LogP) is 9.61. The molecule has 4 atom stereocenters. The molecule has 2 saturated heterocycles. The number of carbonyl (C=O) groups excluding carboxylic acids is 2. The standard InChI is InChI=1S/C39H36F6INO6/c1-3-7-21(12-22-13-30(46)35(48)32(14-22)51-2)10-11-31-33-23(19-52-27-8-5-4-6-9-27)15-28-34(29(33)20-53-31)37(50)47(36(28)49)26-17-24(38(40,41)42)16-25(18-26)39(43,44)45/h4-6,8-9,12-14,16-18,28-29,31,34,48H,3,7,10-11,15,19-20H2,1-2H3/b21-12+/t28-,29+,31-,34-/m1/s1. The zero-order chi connectivity index (χ0) is 38.2. The summed E-state index contributed by atoms with van der Waals surface area (Å²) in [4.78, 5) is 28.5. The highest BCUT2D eigenvalue weighted by Crippen LogP contribution is 2.51. The van der Waals surface area contributed by atoms with Crippen molar-refractivity contribution >= 4 is 46.2 Å². The van der Waals surface area contributed by atoms with E-state index in [0.29, 0.717) is 50.5 Å². The van der Waals surface area contributed by atoms with Crippen molar-refractivity contribution in [1.82, 2.24) is 0 Å². The van der Waals surface area contributed by atoms with Gasteiger partial charge in [-0.1, -0.05) is 43.2 Å². The fourth-order valence-corrected chi connectivity index (χ4v) is 8.22. The Balaban J connectivity index is 1.33. The second kappa shape index (κ2) is 15.4. The molecule has 3 aromatic rings. The predicted molar refractivity (Wildman–Crippen MR) is 192 cm³/mol. The van der Waals surface area contributed by atoms with Gasteiger partial charge < -0.3 is 19.3 Å². The second-order valence-electron chi connectivity index (χ2n) is 13.3. The average Bonchev–Trinajstić information content (AvgIpc) is 3.64. The van der Waals surface area contributed by atoms with Gasteiger partial charge in [-0.15, -0.1) is 0 Å². The maximum absolute atomic E-state index is 14.1. The monoisotopic (exact) mass is 855 g/mol. The van der Waals surface area contributed by atoms with E-state index in [1.54, 1.807) is 30.3 Å². The van der Waals surface area contributed by atoms with Crippen LogP contribution in [0.3, 0.4) is 0 Å². The van der Waals surface area contributed by atoms with Gasteiger partial charge in [0.1, 0.15) is 12.4 Å². The summed E-state index contributed by atoms with van der Waals surface area (Å²) in [7, 11) is 1.47. The fraction of sp³-hybridized carbons (Fsp3) is 0.385. The second-order valence-corrected chi connectivity index (χ2v) is 14.5. The molecule has 0 radical (unpaired) electrons. The summed E-state index contributed by atoms with van der Waals surface area (Å²) in [6.07, 6.45) is -6.01. The van der Waals surface area contributed by atoms with E-state index in [1.807, 2.05) is 40.8 Å². The van der Waals surface area contributed by atoms with Gasteiger partial charge in [-0.05, 0) is 107 Å². The van der Waals surface area contributed by atoms with E-state index >= 15 is 0 Å². The minimum absolute atomic E-state index is 0.0265. The van der Waals surface area contributed by atoms with Crippen LogP contribution in [0.15, 0.2) is 77.4 Å². The van der Waals surface area contributed by atoms with E-state index in [4.69, 9.17) is 14.2 Å². The highest BCUT2D eigenvalue weighted by atomic mass is 127. The van der Waals surface area contributed by atoms with Crippen molar-refractivity contribution in [3.63, 3.8) is 0 Å². The van der Waals surface area contributed by atoms with Crippen molar-refractivity contribution in [1.29, 1.82) is 0 Å². The number of anilines is 1. The third kappa shape index (κ3) is 8.08. The van der Waals surface area contributed by atoms with E-state index in [1.165, 1.54) is 7.11 Å². The quantitative estimate of drug-likeness (QED) is 0.0896. The maximum Gasteiger partial charge on any atom is 0.416 e. The van der Waals surface area contributed by atoms with Crippen molar-refractivity contribution in [2.45, 2.75) is 57.5 Å². The Morgan fingerprint density at radius 2 is 1.64 bits per heavy atom. The number of imide groups is 1. The molecule has 0 aromatic heterocycles. The number of hydrogen-bond donors (Lipinski definition) is 1. The number of benzene rings is 3. The largest absolute Gasteiger partial charge is 0.504 e. The van der Waals surface area contributed by atoms with Crippen LogP contribution >= 0.6 is 22.6 Å². The summed E-state index contributed by atoms with van der Waals surface area (Å²) >= 11 is 2.03. The molecule has 14 heteroatoms. The van der Waals surface area contributed by atoms with Gasteiger partial charge in [-0.3, -0.25) is 9.59 Å². The van der Waals surface area contributed by atoms with Crippen molar-refractivity contribution in [2.75, 3.05) is 25.2 Å². The van der Waals surface area contributed by atoms with Crippen LogP contribution in [-0.2, 0) is 26.7 Å². The molecule has 0 unspecified atom stereocenters. The Morgan fingerprint density at radius 3 is 2.26 bits per heavy atom. The smallest absolute Gasteiger partial charge is 0.416 e. The van der Waals surface area contributed by atoms with Crippen molar-refractivity contribution in [3.05, 3.63) is 97.6 Å². The van der Waals surface area contributed by atoms with E-state index < -0.39 is 64.8 Å². The first kappa shape index (κ1) is 38.7. The number of nitrogens with zero attached hydrogens (tertiary/aromatic N) is 1. The first-order valence-electron chi connectivity index (χ1n) is 17.0. The lowest BCUT2D eigenvalue weighted by atomic mass is 9.69. The van der Waals surface area contributed by atoms with Crippen LogP contribution in [-0.4, -0.2) is 43.3 Å². The minimum atomic E-state index is -5.16. The highest BCUT2D eigenvalue weighted by Gasteiger charge is 2.58. The number of para-hydroxylation sites is 1. The molecule has 3 aromatic carbocycles. The van der Waals surface area contributed by atoms with E-state index in [9.17, 15) is 41.0 Å². The molecule has 7 nitrogen and oxygen atoms in total. The molecule has 3 aliphatic rings. The Morgan fingerprint density at radius 1 is 0.962 bits per heavy atom. The van der Waals surface area contributed by atoms with Gasteiger partial charge in [0, 0.05) is 5.92 Å². The zero-order valence-corrected chi connectivity index (χ0v) is 30.8. The summed E-state index contributed by atoms with van der Waals surface area (Å²) in [6, 6.07) is 13.3. The molecule has 282 valence electrons. The van der Waals surface area contributed by atoms with Gasteiger partial charge in [-0.2, -0.15) is 26.3 Å². The number of aromatic hydroxyl groups is 1. The molecule has 0 spiro atoms. The summed E-state index contributed by atoms with van der Waals surface area (Å²) < 4.78 is 101. The number of allylic oxidation sites excluding steroid dienone is 1. The number of ether oxygens (including phenoxy) is 3. The van der Waals surface area contributed by atoms with Crippen molar-refractivity contribution in [3.8, 4) is 17.2 Å². The topological polar surface area (TPSA) is 85.3 Å². The third-order valence-corrected chi connectivity index (χ3v) is 10.8. The Hall–Kier alpha value is -4.05. The lowest BCUT2D eigenvalue weighted by Crippen LogP contribution is -2.35. The van der Waals surface area contributed by atoms with Gasteiger partial charge in [-0.25, -0.2) is 4.90 Å². The number of amides is 2. The van der Waals surface area contributed by atoms with Crippen LogP contribution in [0.1, 0.15) is 55.7 Å². The molecule has 2 aliphatic heterocycles. The number of phenols is 1. The van der Waals surface area contributed by atoms with Crippen LogP contribution < -0.4 is 14.4 Å². The average molecular weight is 856 g/mol. The number of fused-ring (bicyclic) bond motifs is 3. The first-order valence-corrected chi connectivity index (χ1v) is 18.1. The van der Waals surface area contributed by atoms with Gasteiger partial charge in [0.2, 0.25) is 11.8 Å². The Bertz CT molecular complexity index is 1910. The summed E-state index contributed by atoms with van der Waals surface area (Å²) in [5.41, 5.74) is -0.573. The van der Waals surface area contributed by atoms with Gasteiger partial charge in [0.05, 0.1) is 52.0 Å². The molecule has 1 aliphatic carbocycles. The van der Waals surface area contributed by atoms with Crippen LogP contribution in [0.2, 0.25) is 0 Å². The SMILES string of the molecule is CCC/C(=C\c1cc(I)c(O)c(OC)c1)CC[C@H]1OC[C@H]2C1=C(COc1ccccc1)C[C@H]1C(=O)N(c3cc(C(F)(F)F)cc(C(F)(F)F)c3)C(=O)[C@H]12. The number of methoxy groups -OCH3 is 1. The van der Waals surface area contributed by atoms with Crippen LogP contribution in [0.5, 0.6) is 17.2 Å². The van der Waals surface area contributed by atoms with Crippen LogP contribution in [0.25, 0.3) is 6.08 Å². The number of hydrogen-bond acceptors (Lipinski definition) is 6. The van der Waals surface area contributed by atoms with E-state index in [0.717, 1.165) is 29.6 Å².